The Kier molecular flexibility index (Phi) is 4.37. The fourth-order valence-electron chi connectivity index (χ4n) is 2.47. The van der Waals surface area contributed by atoms with Gasteiger partial charge >= 0.3 is 6.36 Å². The van der Waals surface area contributed by atoms with Gasteiger partial charge in [-0.3, -0.25) is 4.79 Å². The highest BCUT2D eigenvalue weighted by atomic mass is 19.4. The van der Waals surface area contributed by atoms with Gasteiger partial charge in [-0.1, -0.05) is 36.4 Å². The average molecular weight is 362 g/mol. The van der Waals surface area contributed by atoms with Crippen LogP contribution < -0.4 is 10.5 Å². The van der Waals surface area contributed by atoms with Gasteiger partial charge in [0.15, 0.2) is 5.82 Å². The van der Waals surface area contributed by atoms with Crippen molar-refractivity contribution < 1.29 is 22.7 Å². The number of ether oxygens (including phenoxy) is 1. The van der Waals surface area contributed by atoms with Crippen molar-refractivity contribution in [1.29, 1.82) is 0 Å². The monoisotopic (exact) mass is 362 g/mol. The summed E-state index contributed by atoms with van der Waals surface area (Å²) >= 11 is 0. The van der Waals surface area contributed by atoms with Crippen molar-refractivity contribution in [3.63, 3.8) is 0 Å². The fourth-order valence-corrected chi connectivity index (χ4v) is 2.47. The van der Waals surface area contributed by atoms with Crippen LogP contribution in [0.1, 0.15) is 10.6 Å². The standard InChI is InChI=1S/C17H13F3N4O2/c1-24-16(14(21)25)22-15(23-24)11-6-4-5-10(9-11)12-7-2-3-8-13(12)26-17(18,19)20/h2-9H,1H3,(H2,21,25). The number of rotatable bonds is 4. The van der Waals surface area contributed by atoms with Crippen molar-refractivity contribution in [3.8, 4) is 28.3 Å². The van der Waals surface area contributed by atoms with Gasteiger partial charge in [0.25, 0.3) is 5.91 Å². The zero-order valence-corrected chi connectivity index (χ0v) is 13.5. The normalized spacial score (nSPS) is 11.4. The van der Waals surface area contributed by atoms with Gasteiger partial charge in [0.1, 0.15) is 5.75 Å². The Balaban J connectivity index is 2.04. The van der Waals surface area contributed by atoms with Crippen LogP contribution in [-0.2, 0) is 7.05 Å². The molecule has 0 aliphatic carbocycles. The SMILES string of the molecule is Cn1nc(-c2cccc(-c3ccccc3OC(F)(F)F)c2)nc1C(N)=O. The third-order valence-electron chi connectivity index (χ3n) is 3.53. The largest absolute Gasteiger partial charge is 0.573 e. The molecule has 9 heteroatoms. The fraction of sp³-hybridized carbons (Fsp3) is 0.118. The van der Waals surface area contributed by atoms with E-state index in [1.165, 1.54) is 29.9 Å². The number of nitrogens with zero attached hydrogens (tertiary/aromatic N) is 3. The van der Waals surface area contributed by atoms with E-state index < -0.39 is 12.3 Å². The van der Waals surface area contributed by atoms with Crippen LogP contribution in [0.25, 0.3) is 22.5 Å². The molecule has 3 aromatic rings. The molecule has 0 aliphatic heterocycles. The van der Waals surface area contributed by atoms with Gasteiger partial charge < -0.3 is 10.5 Å². The quantitative estimate of drug-likeness (QED) is 0.773. The lowest BCUT2D eigenvalue weighted by Gasteiger charge is -2.13. The minimum atomic E-state index is -4.80. The van der Waals surface area contributed by atoms with E-state index in [1.54, 1.807) is 30.3 Å². The van der Waals surface area contributed by atoms with Gasteiger partial charge in [0.2, 0.25) is 5.82 Å². The minimum absolute atomic E-state index is 0.0220. The van der Waals surface area contributed by atoms with Crippen LogP contribution >= 0.6 is 0 Å². The van der Waals surface area contributed by atoms with Crippen molar-refractivity contribution in [2.75, 3.05) is 0 Å². The maximum Gasteiger partial charge on any atom is 0.573 e. The van der Waals surface area contributed by atoms with Gasteiger partial charge in [-0.05, 0) is 17.7 Å². The molecule has 0 spiro atoms. The molecule has 134 valence electrons. The summed E-state index contributed by atoms with van der Waals surface area (Å²) in [7, 11) is 1.52. The first kappa shape index (κ1) is 17.5. The molecule has 0 saturated heterocycles. The lowest BCUT2D eigenvalue weighted by atomic mass is 10.0. The zero-order valence-electron chi connectivity index (χ0n) is 13.5. The molecule has 6 nitrogen and oxygen atoms in total. The Morgan fingerprint density at radius 2 is 1.81 bits per heavy atom. The van der Waals surface area contributed by atoms with Gasteiger partial charge in [0, 0.05) is 18.2 Å². The Morgan fingerprint density at radius 1 is 1.12 bits per heavy atom. The van der Waals surface area contributed by atoms with Crippen molar-refractivity contribution in [3.05, 3.63) is 54.4 Å². The van der Waals surface area contributed by atoms with E-state index in [-0.39, 0.29) is 23.0 Å². The number of para-hydroxylation sites is 1. The third-order valence-corrected chi connectivity index (χ3v) is 3.53. The number of benzene rings is 2. The number of amides is 1. The van der Waals surface area contributed by atoms with E-state index in [0.29, 0.717) is 11.1 Å². The Hall–Kier alpha value is -3.36. The Labute approximate surface area is 146 Å². The van der Waals surface area contributed by atoms with Crippen LogP contribution in [-0.4, -0.2) is 27.0 Å². The maximum atomic E-state index is 12.6. The summed E-state index contributed by atoms with van der Waals surface area (Å²) in [5.74, 6) is -0.834. The van der Waals surface area contributed by atoms with E-state index >= 15 is 0 Å². The minimum Gasteiger partial charge on any atom is -0.405 e. The van der Waals surface area contributed by atoms with Gasteiger partial charge in [-0.25, -0.2) is 9.67 Å². The highest BCUT2D eigenvalue weighted by Gasteiger charge is 2.32. The first-order valence-electron chi connectivity index (χ1n) is 7.41. The second-order valence-corrected chi connectivity index (χ2v) is 5.37. The number of nitrogens with two attached hydrogens (primary N) is 1. The number of alkyl halides is 3. The van der Waals surface area contributed by atoms with Gasteiger partial charge in [0.05, 0.1) is 0 Å². The number of aromatic nitrogens is 3. The van der Waals surface area contributed by atoms with Crippen molar-refractivity contribution >= 4 is 5.91 Å². The molecule has 0 aliphatic rings. The zero-order chi connectivity index (χ0) is 18.9. The van der Waals surface area contributed by atoms with Gasteiger partial charge in [-0.2, -0.15) is 5.10 Å². The van der Waals surface area contributed by atoms with E-state index in [9.17, 15) is 18.0 Å². The van der Waals surface area contributed by atoms with E-state index in [0.717, 1.165) is 0 Å². The molecule has 0 unspecified atom stereocenters. The molecule has 1 amide bonds. The first-order valence-corrected chi connectivity index (χ1v) is 7.41. The van der Waals surface area contributed by atoms with Crippen molar-refractivity contribution in [2.24, 2.45) is 12.8 Å². The second-order valence-electron chi connectivity index (χ2n) is 5.37. The van der Waals surface area contributed by atoms with Crippen molar-refractivity contribution in [1.82, 2.24) is 14.8 Å². The van der Waals surface area contributed by atoms with Gasteiger partial charge in [-0.15, -0.1) is 13.2 Å². The predicted octanol–water partition coefficient (Wildman–Crippen LogP) is 3.15. The predicted molar refractivity (Wildman–Crippen MR) is 87.1 cm³/mol. The summed E-state index contributed by atoms with van der Waals surface area (Å²) in [6.07, 6.45) is -4.80. The molecule has 1 aromatic heterocycles. The molecular weight excluding hydrogens is 349 g/mol. The highest BCUT2D eigenvalue weighted by Crippen LogP contribution is 2.35. The number of hydrogen-bond donors (Lipinski definition) is 1. The smallest absolute Gasteiger partial charge is 0.405 e. The Morgan fingerprint density at radius 3 is 2.46 bits per heavy atom. The molecule has 0 saturated carbocycles. The third kappa shape index (κ3) is 3.66. The van der Waals surface area contributed by atoms with E-state index in [4.69, 9.17) is 5.73 Å². The summed E-state index contributed by atoms with van der Waals surface area (Å²) in [4.78, 5) is 15.4. The number of halogens is 3. The lowest BCUT2D eigenvalue weighted by Crippen LogP contribution is -2.17. The summed E-state index contributed by atoms with van der Waals surface area (Å²) in [5.41, 5.74) is 6.48. The summed E-state index contributed by atoms with van der Waals surface area (Å²) in [5, 5.41) is 4.11. The highest BCUT2D eigenvalue weighted by molar-refractivity contribution is 5.89. The van der Waals surface area contributed by atoms with Crippen LogP contribution in [0.4, 0.5) is 13.2 Å². The molecule has 2 N–H and O–H groups in total. The van der Waals surface area contributed by atoms with E-state index in [1.807, 2.05) is 0 Å². The topological polar surface area (TPSA) is 83.0 Å². The lowest BCUT2D eigenvalue weighted by molar-refractivity contribution is -0.274. The molecule has 0 radical (unpaired) electrons. The first-order chi connectivity index (χ1) is 12.2. The molecule has 3 rings (SSSR count). The molecule has 2 aromatic carbocycles. The summed E-state index contributed by atoms with van der Waals surface area (Å²) < 4.78 is 43.2. The summed E-state index contributed by atoms with van der Waals surface area (Å²) in [6.45, 7) is 0. The molecular formula is C17H13F3N4O2. The number of primary amides is 1. The molecule has 26 heavy (non-hydrogen) atoms. The second kappa shape index (κ2) is 6.51. The van der Waals surface area contributed by atoms with Crippen LogP contribution in [0.15, 0.2) is 48.5 Å². The summed E-state index contributed by atoms with van der Waals surface area (Å²) in [6, 6.07) is 12.4. The number of carbonyl (C=O) groups excluding carboxylic acids is 1. The molecule has 0 atom stereocenters. The number of hydrogen-bond acceptors (Lipinski definition) is 4. The maximum absolute atomic E-state index is 12.6. The molecule has 0 fully saturated rings. The molecule has 0 bridgehead atoms. The van der Waals surface area contributed by atoms with Crippen molar-refractivity contribution in [2.45, 2.75) is 6.36 Å². The molecule has 1 heterocycles. The number of aryl methyl sites for hydroxylation is 1. The van der Waals surface area contributed by atoms with Crippen LogP contribution in [0, 0.1) is 0 Å². The Bertz CT molecular complexity index is 967. The number of carbonyl (C=O) groups is 1. The van der Waals surface area contributed by atoms with Crippen LogP contribution in [0.3, 0.4) is 0 Å². The van der Waals surface area contributed by atoms with Crippen LogP contribution in [0.5, 0.6) is 5.75 Å². The van der Waals surface area contributed by atoms with Crippen LogP contribution in [0.2, 0.25) is 0 Å². The van der Waals surface area contributed by atoms with E-state index in [2.05, 4.69) is 14.8 Å². The average Bonchev–Trinajstić information content (AvgIpc) is 2.96.